The molecule has 0 bridgehead atoms. The van der Waals surface area contributed by atoms with Gasteiger partial charge in [0.2, 0.25) is 0 Å². The fourth-order valence-electron chi connectivity index (χ4n) is 2.88. The van der Waals surface area contributed by atoms with Gasteiger partial charge in [-0.3, -0.25) is 9.69 Å². The van der Waals surface area contributed by atoms with E-state index in [1.54, 1.807) is 0 Å². The molecule has 1 aromatic rings. The van der Waals surface area contributed by atoms with E-state index >= 15 is 0 Å². The number of carbonyl (C=O) groups excluding carboxylic acids is 2. The van der Waals surface area contributed by atoms with Gasteiger partial charge in [-0.1, -0.05) is 5.11 Å². The van der Waals surface area contributed by atoms with Crippen molar-refractivity contribution >= 4 is 23.3 Å². The zero-order valence-electron chi connectivity index (χ0n) is 13.1. The highest BCUT2D eigenvalue weighted by atomic mass is 19.1. The van der Waals surface area contributed by atoms with Gasteiger partial charge in [-0.25, -0.2) is 13.6 Å². The maximum absolute atomic E-state index is 14.4. The summed E-state index contributed by atoms with van der Waals surface area (Å²) in [7, 11) is 0. The van der Waals surface area contributed by atoms with E-state index in [-0.39, 0.29) is 38.3 Å². The van der Waals surface area contributed by atoms with Crippen LogP contribution in [0.15, 0.2) is 23.3 Å². The Kier molecular flexibility index (Phi) is 4.71. The highest BCUT2D eigenvalue weighted by molar-refractivity contribution is 5.90. The number of anilines is 2. The molecule has 2 heterocycles. The first-order valence-electron chi connectivity index (χ1n) is 7.70. The van der Waals surface area contributed by atoms with Gasteiger partial charge in [-0.05, 0) is 23.7 Å². The minimum absolute atomic E-state index is 0.000992. The van der Waals surface area contributed by atoms with E-state index in [2.05, 4.69) is 10.0 Å². The fraction of sp³-hybridized carbons (Fsp3) is 0.467. The smallest absolute Gasteiger partial charge is 0.414 e. The monoisotopic (exact) mass is 351 g/mol. The maximum atomic E-state index is 14.4. The quantitative estimate of drug-likeness (QED) is 0.473. The molecule has 3 rings (SSSR count). The van der Waals surface area contributed by atoms with Gasteiger partial charge in [0.15, 0.2) is 12.0 Å². The third kappa shape index (κ3) is 3.48. The number of alkyl halides is 1. The number of rotatable bonds is 4. The van der Waals surface area contributed by atoms with Crippen molar-refractivity contribution in [2.45, 2.75) is 18.7 Å². The summed E-state index contributed by atoms with van der Waals surface area (Å²) in [6.45, 7) is 0.199. The summed E-state index contributed by atoms with van der Waals surface area (Å²) in [4.78, 5) is 28.4. The van der Waals surface area contributed by atoms with Crippen LogP contribution in [0.2, 0.25) is 0 Å². The predicted octanol–water partition coefficient (Wildman–Crippen LogP) is 2.58. The Hall–Kier alpha value is -2.87. The number of ketones is 1. The number of hydrogen-bond donors (Lipinski definition) is 0. The number of ether oxygens (including phenoxy) is 1. The normalized spacial score (nSPS) is 23.4. The van der Waals surface area contributed by atoms with Crippen LogP contribution in [0, 0.1) is 5.82 Å². The average molecular weight is 351 g/mol. The molecule has 132 valence electrons. The molecule has 8 nitrogen and oxygen atoms in total. The van der Waals surface area contributed by atoms with Crippen LogP contribution in [0.3, 0.4) is 0 Å². The lowest BCUT2D eigenvalue weighted by atomic mass is 10.1. The summed E-state index contributed by atoms with van der Waals surface area (Å²) < 4.78 is 33.0. The number of piperidine rings is 1. The largest absolute Gasteiger partial charge is 0.444 e. The third-order valence-corrected chi connectivity index (χ3v) is 4.16. The first kappa shape index (κ1) is 17.0. The molecule has 0 spiro atoms. The molecule has 2 aliphatic heterocycles. The molecule has 1 amide bonds. The van der Waals surface area contributed by atoms with Crippen molar-refractivity contribution in [3.8, 4) is 0 Å². The summed E-state index contributed by atoms with van der Waals surface area (Å²) in [5.74, 6) is -1.09. The zero-order chi connectivity index (χ0) is 18.0. The Morgan fingerprint density at radius 3 is 2.84 bits per heavy atom. The Labute approximate surface area is 141 Å². The van der Waals surface area contributed by atoms with Gasteiger partial charge in [-0.15, -0.1) is 0 Å². The van der Waals surface area contributed by atoms with Crippen LogP contribution in [-0.4, -0.2) is 50.3 Å². The van der Waals surface area contributed by atoms with E-state index in [1.807, 2.05) is 0 Å². The van der Waals surface area contributed by atoms with Gasteiger partial charge in [0.1, 0.15) is 11.9 Å². The van der Waals surface area contributed by atoms with Crippen LogP contribution in [0.1, 0.15) is 6.42 Å². The summed E-state index contributed by atoms with van der Waals surface area (Å²) in [5.41, 5.74) is 8.77. The van der Waals surface area contributed by atoms with Gasteiger partial charge < -0.3 is 9.64 Å². The van der Waals surface area contributed by atoms with Crippen LogP contribution in [0.25, 0.3) is 10.4 Å². The van der Waals surface area contributed by atoms with Crippen molar-refractivity contribution in [1.29, 1.82) is 0 Å². The van der Waals surface area contributed by atoms with E-state index in [1.165, 1.54) is 21.9 Å². The number of carbonyl (C=O) groups is 2. The average Bonchev–Trinajstić information content (AvgIpc) is 2.96. The number of benzene rings is 1. The second-order valence-electron chi connectivity index (χ2n) is 5.80. The molecule has 2 aliphatic rings. The summed E-state index contributed by atoms with van der Waals surface area (Å²) in [5, 5.41) is 3.36. The molecule has 10 heteroatoms. The standard InChI is InChI=1S/C15H15F2N5O3/c16-11-5-9(22-7-10(6-19-20-18)25-15(22)24)1-2-13(11)21-4-3-14(23)12(17)8-21/h1-2,5,10,12H,3-4,6-8H2/t10?,12-/m0/s1. The van der Waals surface area contributed by atoms with Gasteiger partial charge in [0.25, 0.3) is 0 Å². The lowest BCUT2D eigenvalue weighted by molar-refractivity contribution is -0.124. The highest BCUT2D eigenvalue weighted by Crippen LogP contribution is 2.29. The number of hydrogen-bond acceptors (Lipinski definition) is 5. The lowest BCUT2D eigenvalue weighted by Crippen LogP contribution is -2.42. The number of Topliss-reactive ketones (excluding diaryl/α,β-unsaturated/α-hetero) is 1. The molecule has 0 aliphatic carbocycles. The van der Waals surface area contributed by atoms with E-state index in [0.29, 0.717) is 5.69 Å². The molecule has 25 heavy (non-hydrogen) atoms. The van der Waals surface area contributed by atoms with E-state index in [4.69, 9.17) is 10.3 Å². The summed E-state index contributed by atoms with van der Waals surface area (Å²) >= 11 is 0. The molecule has 1 unspecified atom stereocenters. The van der Waals surface area contributed by atoms with Gasteiger partial charge in [0, 0.05) is 17.9 Å². The van der Waals surface area contributed by atoms with Gasteiger partial charge in [0.05, 0.1) is 31.0 Å². The predicted molar refractivity (Wildman–Crippen MR) is 84.8 cm³/mol. The minimum Gasteiger partial charge on any atom is -0.444 e. The molecule has 1 aromatic carbocycles. The number of azide groups is 1. The zero-order valence-corrected chi connectivity index (χ0v) is 13.1. The van der Waals surface area contributed by atoms with Gasteiger partial charge in [-0.2, -0.15) is 0 Å². The Morgan fingerprint density at radius 2 is 2.16 bits per heavy atom. The molecule has 0 saturated carbocycles. The van der Waals surface area contributed by atoms with Crippen molar-refractivity contribution in [3.63, 3.8) is 0 Å². The first-order valence-corrected chi connectivity index (χ1v) is 7.70. The van der Waals surface area contributed by atoms with Gasteiger partial charge >= 0.3 is 6.09 Å². The maximum Gasteiger partial charge on any atom is 0.414 e. The molecule has 2 fully saturated rings. The number of halogens is 2. The molecule has 0 radical (unpaired) electrons. The summed E-state index contributed by atoms with van der Waals surface area (Å²) in [6, 6.07) is 4.14. The van der Waals surface area contributed by atoms with Crippen LogP contribution < -0.4 is 9.80 Å². The first-order chi connectivity index (χ1) is 12.0. The van der Waals surface area contributed by atoms with Crippen molar-refractivity contribution in [1.82, 2.24) is 0 Å². The molecule has 2 atom stereocenters. The van der Waals surface area contributed by atoms with Crippen LogP contribution in [0.4, 0.5) is 25.0 Å². The summed E-state index contributed by atoms with van der Waals surface area (Å²) in [6.07, 6.45) is -2.84. The SMILES string of the molecule is [N-]=[N+]=NCC1CN(c2ccc(N3CCC(=O)[C@@H](F)C3)c(F)c2)C(=O)O1. The Morgan fingerprint density at radius 1 is 1.36 bits per heavy atom. The number of cyclic esters (lactones) is 1. The van der Waals surface area contributed by atoms with Crippen molar-refractivity contribution in [3.05, 3.63) is 34.5 Å². The third-order valence-electron chi connectivity index (χ3n) is 4.16. The second-order valence-corrected chi connectivity index (χ2v) is 5.80. The van der Waals surface area contributed by atoms with Crippen molar-refractivity contribution in [2.75, 3.05) is 36.0 Å². The number of amides is 1. The molecule has 0 aromatic heterocycles. The molecular formula is C15H15F2N5O3. The van der Waals surface area contributed by atoms with Crippen molar-refractivity contribution < 1.29 is 23.1 Å². The fourth-order valence-corrected chi connectivity index (χ4v) is 2.88. The molecule has 0 N–H and O–H groups in total. The van der Waals surface area contributed by atoms with Crippen molar-refractivity contribution in [2.24, 2.45) is 5.11 Å². The van der Waals surface area contributed by atoms with E-state index in [9.17, 15) is 18.4 Å². The minimum atomic E-state index is -1.62. The van der Waals surface area contributed by atoms with E-state index < -0.39 is 30.0 Å². The second kappa shape index (κ2) is 6.94. The Balaban J connectivity index is 1.75. The molecular weight excluding hydrogens is 336 g/mol. The Bertz CT molecular complexity index is 753. The number of nitrogens with zero attached hydrogens (tertiary/aromatic N) is 5. The lowest BCUT2D eigenvalue weighted by Gasteiger charge is -2.30. The van der Waals surface area contributed by atoms with Crippen LogP contribution >= 0.6 is 0 Å². The topological polar surface area (TPSA) is 98.6 Å². The molecule has 2 saturated heterocycles. The van der Waals surface area contributed by atoms with Crippen LogP contribution in [-0.2, 0) is 9.53 Å². The highest BCUT2D eigenvalue weighted by Gasteiger charge is 2.33. The van der Waals surface area contributed by atoms with E-state index in [0.717, 1.165) is 6.07 Å². The van der Waals surface area contributed by atoms with Crippen LogP contribution in [0.5, 0.6) is 0 Å².